The number of nitrogens with one attached hydrogen (secondary N) is 1. The molecule has 3 rings (SSSR count). The van der Waals surface area contributed by atoms with Gasteiger partial charge in [-0.05, 0) is 60.2 Å². The Morgan fingerprint density at radius 3 is 2.41 bits per heavy atom. The SMILES string of the molecule is O=C(COc1cccc(Cl)c1)NN=Cc1ccc(OC(=O)c2ccccc2)cc1. The third kappa shape index (κ3) is 6.48. The van der Waals surface area contributed by atoms with E-state index in [0.717, 1.165) is 5.56 Å². The quantitative estimate of drug-likeness (QED) is 0.276. The summed E-state index contributed by atoms with van der Waals surface area (Å²) < 4.78 is 10.6. The predicted molar refractivity (Wildman–Crippen MR) is 111 cm³/mol. The molecule has 0 heterocycles. The molecule has 3 aromatic rings. The third-order valence-corrected chi connectivity index (χ3v) is 3.90. The van der Waals surface area contributed by atoms with Gasteiger partial charge in [0.1, 0.15) is 11.5 Å². The van der Waals surface area contributed by atoms with Gasteiger partial charge < -0.3 is 9.47 Å². The maximum Gasteiger partial charge on any atom is 0.343 e. The summed E-state index contributed by atoms with van der Waals surface area (Å²) in [5.41, 5.74) is 3.57. The van der Waals surface area contributed by atoms with E-state index in [1.165, 1.54) is 6.21 Å². The van der Waals surface area contributed by atoms with Gasteiger partial charge in [0.2, 0.25) is 0 Å². The lowest BCUT2D eigenvalue weighted by atomic mass is 10.2. The van der Waals surface area contributed by atoms with Crippen molar-refractivity contribution in [3.05, 3.63) is 95.0 Å². The molecule has 7 heteroatoms. The average molecular weight is 409 g/mol. The van der Waals surface area contributed by atoms with Gasteiger partial charge in [-0.3, -0.25) is 4.79 Å². The third-order valence-electron chi connectivity index (χ3n) is 3.67. The van der Waals surface area contributed by atoms with Gasteiger partial charge >= 0.3 is 5.97 Å². The summed E-state index contributed by atoms with van der Waals surface area (Å²) in [5.74, 6) is 0.0702. The highest BCUT2D eigenvalue weighted by Crippen LogP contribution is 2.17. The number of nitrogens with zero attached hydrogens (tertiary/aromatic N) is 1. The summed E-state index contributed by atoms with van der Waals surface area (Å²) in [5, 5.41) is 4.40. The Morgan fingerprint density at radius 2 is 1.69 bits per heavy atom. The molecule has 0 aliphatic heterocycles. The smallest absolute Gasteiger partial charge is 0.343 e. The molecule has 29 heavy (non-hydrogen) atoms. The molecule has 0 aliphatic carbocycles. The molecular weight excluding hydrogens is 392 g/mol. The van der Waals surface area contributed by atoms with Crippen molar-refractivity contribution in [3.8, 4) is 11.5 Å². The van der Waals surface area contributed by atoms with E-state index in [1.54, 1.807) is 72.8 Å². The number of ether oxygens (including phenoxy) is 2. The van der Waals surface area contributed by atoms with Gasteiger partial charge in [0, 0.05) is 5.02 Å². The van der Waals surface area contributed by atoms with Crippen LogP contribution in [0.1, 0.15) is 15.9 Å². The molecule has 0 radical (unpaired) electrons. The first-order chi connectivity index (χ1) is 14.1. The highest BCUT2D eigenvalue weighted by molar-refractivity contribution is 6.30. The topological polar surface area (TPSA) is 77.0 Å². The van der Waals surface area contributed by atoms with Crippen molar-refractivity contribution in [2.75, 3.05) is 6.61 Å². The molecule has 1 amide bonds. The summed E-state index contributed by atoms with van der Waals surface area (Å²) in [6.07, 6.45) is 1.47. The predicted octanol–water partition coefficient (Wildman–Crippen LogP) is 4.09. The van der Waals surface area contributed by atoms with Crippen LogP contribution in [0.15, 0.2) is 84.0 Å². The molecule has 6 nitrogen and oxygen atoms in total. The Bertz CT molecular complexity index is 1000. The van der Waals surface area contributed by atoms with E-state index in [0.29, 0.717) is 22.1 Å². The molecule has 0 atom stereocenters. The number of esters is 1. The van der Waals surface area contributed by atoms with Crippen molar-refractivity contribution in [2.24, 2.45) is 5.10 Å². The summed E-state index contributed by atoms with van der Waals surface area (Å²) >= 11 is 5.85. The van der Waals surface area contributed by atoms with Crippen LogP contribution in [-0.2, 0) is 4.79 Å². The van der Waals surface area contributed by atoms with E-state index in [1.807, 2.05) is 6.07 Å². The van der Waals surface area contributed by atoms with Crippen LogP contribution in [0.3, 0.4) is 0 Å². The van der Waals surface area contributed by atoms with Gasteiger partial charge in [-0.1, -0.05) is 35.9 Å². The van der Waals surface area contributed by atoms with E-state index in [9.17, 15) is 9.59 Å². The second kappa shape index (κ2) is 10.1. The van der Waals surface area contributed by atoms with Gasteiger partial charge in [0.25, 0.3) is 5.91 Å². The molecule has 0 fully saturated rings. The molecule has 3 aromatic carbocycles. The van der Waals surface area contributed by atoms with Gasteiger partial charge in [-0.2, -0.15) is 5.10 Å². The van der Waals surface area contributed by atoms with Crippen molar-refractivity contribution in [3.63, 3.8) is 0 Å². The molecule has 0 aromatic heterocycles. The fourth-order valence-corrected chi connectivity index (χ4v) is 2.46. The van der Waals surface area contributed by atoms with Crippen LogP contribution in [0.4, 0.5) is 0 Å². The molecule has 0 unspecified atom stereocenters. The molecule has 0 saturated heterocycles. The van der Waals surface area contributed by atoms with E-state index in [2.05, 4.69) is 10.5 Å². The van der Waals surface area contributed by atoms with Crippen LogP contribution in [-0.4, -0.2) is 24.7 Å². The highest BCUT2D eigenvalue weighted by Gasteiger charge is 2.07. The minimum Gasteiger partial charge on any atom is -0.484 e. The molecule has 0 saturated carbocycles. The van der Waals surface area contributed by atoms with Gasteiger partial charge in [0.15, 0.2) is 6.61 Å². The van der Waals surface area contributed by atoms with Gasteiger partial charge in [0.05, 0.1) is 11.8 Å². The summed E-state index contributed by atoms with van der Waals surface area (Å²) in [4.78, 5) is 23.8. The molecule has 0 bridgehead atoms. The summed E-state index contributed by atoms with van der Waals surface area (Å²) in [7, 11) is 0. The zero-order valence-corrected chi connectivity index (χ0v) is 16.0. The lowest BCUT2D eigenvalue weighted by Gasteiger charge is -2.05. The molecule has 0 spiro atoms. The lowest BCUT2D eigenvalue weighted by Crippen LogP contribution is -2.24. The molecule has 146 valence electrons. The van der Waals surface area contributed by atoms with Crippen molar-refractivity contribution in [2.45, 2.75) is 0 Å². The van der Waals surface area contributed by atoms with Crippen molar-refractivity contribution in [1.29, 1.82) is 0 Å². The average Bonchev–Trinajstić information content (AvgIpc) is 2.74. The Labute approximate surface area is 172 Å². The maximum atomic E-state index is 12.0. The number of halogens is 1. The van der Waals surface area contributed by atoms with E-state index < -0.39 is 11.9 Å². The number of benzene rings is 3. The number of rotatable bonds is 7. The van der Waals surface area contributed by atoms with Crippen LogP contribution in [0, 0.1) is 0 Å². The second-order valence-corrected chi connectivity index (χ2v) is 6.30. The van der Waals surface area contributed by atoms with Gasteiger partial charge in [-0.25, -0.2) is 10.2 Å². The summed E-state index contributed by atoms with van der Waals surface area (Å²) in [6.45, 7) is -0.188. The van der Waals surface area contributed by atoms with Crippen molar-refractivity contribution >= 4 is 29.7 Å². The minimum absolute atomic E-state index is 0.188. The van der Waals surface area contributed by atoms with Crippen LogP contribution < -0.4 is 14.9 Å². The number of carbonyl (C=O) groups excluding carboxylic acids is 2. The first kappa shape index (κ1) is 20.1. The maximum absolute atomic E-state index is 12.0. The van der Waals surface area contributed by atoms with E-state index >= 15 is 0 Å². The number of hydrazone groups is 1. The Kier molecular flexibility index (Phi) is 6.97. The first-order valence-corrected chi connectivity index (χ1v) is 9.05. The van der Waals surface area contributed by atoms with E-state index in [-0.39, 0.29) is 6.61 Å². The molecule has 0 aliphatic rings. The normalized spacial score (nSPS) is 10.5. The van der Waals surface area contributed by atoms with Crippen LogP contribution in [0.25, 0.3) is 0 Å². The highest BCUT2D eigenvalue weighted by atomic mass is 35.5. The lowest BCUT2D eigenvalue weighted by molar-refractivity contribution is -0.123. The van der Waals surface area contributed by atoms with Gasteiger partial charge in [-0.15, -0.1) is 0 Å². The zero-order valence-electron chi connectivity index (χ0n) is 15.2. The van der Waals surface area contributed by atoms with E-state index in [4.69, 9.17) is 21.1 Å². The Hall–Kier alpha value is -3.64. The number of carbonyl (C=O) groups is 2. The fourth-order valence-electron chi connectivity index (χ4n) is 2.28. The van der Waals surface area contributed by atoms with Crippen LogP contribution in [0.5, 0.6) is 11.5 Å². The summed E-state index contributed by atoms with van der Waals surface area (Å²) in [6, 6.07) is 22.2. The zero-order chi connectivity index (χ0) is 20.5. The second-order valence-electron chi connectivity index (χ2n) is 5.86. The molecular formula is C22H17ClN2O4. The number of hydrogen-bond acceptors (Lipinski definition) is 5. The van der Waals surface area contributed by atoms with Crippen LogP contribution in [0.2, 0.25) is 5.02 Å². The van der Waals surface area contributed by atoms with Crippen LogP contribution >= 0.6 is 11.6 Å². The number of amides is 1. The standard InChI is InChI=1S/C22H17ClN2O4/c23-18-7-4-8-20(13-18)28-15-21(26)25-24-14-16-9-11-19(12-10-16)29-22(27)17-5-2-1-3-6-17/h1-14H,15H2,(H,25,26). The Balaban J connectivity index is 1.46. The monoisotopic (exact) mass is 408 g/mol. The first-order valence-electron chi connectivity index (χ1n) is 8.68. The Morgan fingerprint density at radius 1 is 0.931 bits per heavy atom. The fraction of sp³-hybridized carbons (Fsp3) is 0.0455. The van der Waals surface area contributed by atoms with Crippen molar-refractivity contribution in [1.82, 2.24) is 5.43 Å². The minimum atomic E-state index is -0.431. The number of hydrogen-bond donors (Lipinski definition) is 1. The molecule has 1 N–H and O–H groups in total. The largest absolute Gasteiger partial charge is 0.484 e. The van der Waals surface area contributed by atoms with Crippen molar-refractivity contribution < 1.29 is 19.1 Å².